The molecule has 0 aliphatic rings. The fourth-order valence-electron chi connectivity index (χ4n) is 5.69. The van der Waals surface area contributed by atoms with E-state index >= 15 is 0 Å². The van der Waals surface area contributed by atoms with Crippen molar-refractivity contribution in [2.75, 3.05) is 18.4 Å². The fourth-order valence-corrected chi connectivity index (χ4v) is 5.69. The molecule has 0 saturated carbocycles. The standard InChI is InChI=1S/C38H42N4O2/c1-38(2,3)35(36-40-34(30-18-9-5-10-19-30)27-41(36)26-29-16-7-4-8-17-29)42(37(44)31-20-11-6-12-21-31)25-15-24-39-33-23-14-13-22-32(33)28-43/h4-14,16-23,27,35,39,43H,15,24-26,28H2,1-3H3. The van der Waals surface area contributed by atoms with Crippen LogP contribution in [-0.4, -0.2) is 38.6 Å². The Morgan fingerprint density at radius 3 is 2.14 bits per heavy atom. The molecule has 226 valence electrons. The molecule has 6 nitrogen and oxygen atoms in total. The Morgan fingerprint density at radius 1 is 0.864 bits per heavy atom. The summed E-state index contributed by atoms with van der Waals surface area (Å²) in [6.45, 7) is 8.35. The van der Waals surface area contributed by atoms with Gasteiger partial charge in [-0.25, -0.2) is 4.98 Å². The quantitative estimate of drug-likeness (QED) is 0.146. The number of benzene rings is 4. The van der Waals surface area contributed by atoms with Gasteiger partial charge in [0, 0.05) is 48.2 Å². The van der Waals surface area contributed by atoms with Gasteiger partial charge in [-0.15, -0.1) is 0 Å². The Bertz CT molecular complexity index is 1630. The number of imidazole rings is 1. The van der Waals surface area contributed by atoms with E-state index in [4.69, 9.17) is 4.98 Å². The number of aliphatic hydroxyl groups excluding tert-OH is 1. The Kier molecular flexibility index (Phi) is 9.93. The summed E-state index contributed by atoms with van der Waals surface area (Å²) in [6.07, 6.45) is 2.84. The second-order valence-corrected chi connectivity index (χ2v) is 12.2. The van der Waals surface area contributed by atoms with Gasteiger partial charge in [0.25, 0.3) is 5.91 Å². The number of para-hydroxylation sites is 1. The number of anilines is 1. The lowest BCUT2D eigenvalue weighted by Gasteiger charge is -2.40. The Morgan fingerprint density at radius 2 is 1.48 bits per heavy atom. The average molecular weight is 587 g/mol. The van der Waals surface area contributed by atoms with Gasteiger partial charge in [-0.3, -0.25) is 4.79 Å². The van der Waals surface area contributed by atoms with E-state index in [0.717, 1.165) is 34.8 Å². The number of nitrogens with zero attached hydrogens (tertiary/aromatic N) is 3. The second kappa shape index (κ2) is 14.2. The third kappa shape index (κ3) is 7.44. The molecule has 0 bridgehead atoms. The van der Waals surface area contributed by atoms with Gasteiger partial charge in [-0.2, -0.15) is 0 Å². The summed E-state index contributed by atoms with van der Waals surface area (Å²) in [5.74, 6) is 0.847. The largest absolute Gasteiger partial charge is 0.392 e. The van der Waals surface area contributed by atoms with Crippen molar-refractivity contribution in [2.45, 2.75) is 46.4 Å². The van der Waals surface area contributed by atoms with Crippen molar-refractivity contribution in [1.29, 1.82) is 0 Å². The van der Waals surface area contributed by atoms with Crippen molar-refractivity contribution < 1.29 is 9.90 Å². The molecule has 0 radical (unpaired) electrons. The molecule has 0 fully saturated rings. The molecule has 1 amide bonds. The van der Waals surface area contributed by atoms with Crippen LogP contribution in [0.2, 0.25) is 0 Å². The van der Waals surface area contributed by atoms with E-state index in [2.05, 4.69) is 73.3 Å². The molecule has 0 spiro atoms. The Labute approximate surface area is 261 Å². The topological polar surface area (TPSA) is 70.4 Å². The van der Waals surface area contributed by atoms with Gasteiger partial charge in [0.2, 0.25) is 0 Å². The summed E-state index contributed by atoms with van der Waals surface area (Å²) < 4.78 is 2.22. The molecule has 4 aromatic carbocycles. The van der Waals surface area contributed by atoms with Crippen LogP contribution in [0.1, 0.15) is 60.5 Å². The highest BCUT2D eigenvalue weighted by molar-refractivity contribution is 5.94. The molecule has 1 aromatic heterocycles. The third-order valence-corrected chi connectivity index (χ3v) is 7.81. The first-order valence-electron chi connectivity index (χ1n) is 15.3. The number of rotatable bonds is 12. The maximum Gasteiger partial charge on any atom is 0.254 e. The summed E-state index contributed by atoms with van der Waals surface area (Å²) in [6, 6.07) is 37.6. The molecular weight excluding hydrogens is 544 g/mol. The molecule has 1 heterocycles. The number of aliphatic hydroxyl groups is 1. The van der Waals surface area contributed by atoms with Crippen LogP contribution in [0.25, 0.3) is 11.3 Å². The molecule has 0 saturated heterocycles. The van der Waals surface area contributed by atoms with Gasteiger partial charge >= 0.3 is 0 Å². The predicted molar refractivity (Wildman–Crippen MR) is 178 cm³/mol. The molecule has 0 aliphatic heterocycles. The highest BCUT2D eigenvalue weighted by Crippen LogP contribution is 2.40. The second-order valence-electron chi connectivity index (χ2n) is 12.2. The molecular formula is C38H42N4O2. The summed E-state index contributed by atoms with van der Waals surface area (Å²) in [5, 5.41) is 13.2. The minimum Gasteiger partial charge on any atom is -0.392 e. The number of hydrogen-bond donors (Lipinski definition) is 2. The molecule has 2 N–H and O–H groups in total. The van der Waals surface area contributed by atoms with Crippen molar-refractivity contribution in [2.24, 2.45) is 5.41 Å². The zero-order chi connectivity index (χ0) is 30.9. The summed E-state index contributed by atoms with van der Waals surface area (Å²) in [4.78, 5) is 21.6. The van der Waals surface area contributed by atoms with Crippen LogP contribution >= 0.6 is 0 Å². The summed E-state index contributed by atoms with van der Waals surface area (Å²) >= 11 is 0. The van der Waals surface area contributed by atoms with Crippen LogP contribution in [0, 0.1) is 5.41 Å². The number of hydrogen-bond acceptors (Lipinski definition) is 4. The van der Waals surface area contributed by atoms with Gasteiger partial charge in [-0.1, -0.05) is 118 Å². The maximum atomic E-state index is 14.4. The first-order valence-corrected chi connectivity index (χ1v) is 15.3. The van der Waals surface area contributed by atoms with E-state index in [-0.39, 0.29) is 24.0 Å². The fraction of sp³-hybridized carbons (Fsp3) is 0.263. The van der Waals surface area contributed by atoms with Crippen LogP contribution in [0.4, 0.5) is 5.69 Å². The van der Waals surface area contributed by atoms with Crippen LogP contribution in [-0.2, 0) is 13.2 Å². The number of carbonyl (C=O) groups excluding carboxylic acids is 1. The average Bonchev–Trinajstić information content (AvgIpc) is 3.45. The lowest BCUT2D eigenvalue weighted by atomic mass is 9.84. The highest BCUT2D eigenvalue weighted by Gasteiger charge is 2.38. The van der Waals surface area contributed by atoms with Gasteiger partial charge < -0.3 is 19.9 Å². The Hall–Kier alpha value is -4.68. The van der Waals surface area contributed by atoms with Gasteiger partial charge in [0.15, 0.2) is 0 Å². The van der Waals surface area contributed by atoms with Crippen LogP contribution in [0.5, 0.6) is 0 Å². The third-order valence-electron chi connectivity index (χ3n) is 7.81. The number of amides is 1. The number of carbonyl (C=O) groups is 1. The van der Waals surface area contributed by atoms with Crippen molar-refractivity contribution >= 4 is 11.6 Å². The molecule has 1 unspecified atom stereocenters. The van der Waals surface area contributed by atoms with E-state index in [1.165, 1.54) is 5.56 Å². The predicted octanol–water partition coefficient (Wildman–Crippen LogP) is 7.82. The van der Waals surface area contributed by atoms with Crippen LogP contribution in [0.15, 0.2) is 121 Å². The first kappa shape index (κ1) is 30.8. The lowest BCUT2D eigenvalue weighted by molar-refractivity contribution is 0.0483. The minimum atomic E-state index is -0.324. The maximum absolute atomic E-state index is 14.4. The molecule has 1 atom stereocenters. The summed E-state index contributed by atoms with van der Waals surface area (Å²) in [5.41, 5.74) is 5.20. The lowest BCUT2D eigenvalue weighted by Crippen LogP contribution is -2.43. The van der Waals surface area contributed by atoms with Crippen molar-refractivity contribution in [1.82, 2.24) is 14.5 Å². The molecule has 44 heavy (non-hydrogen) atoms. The van der Waals surface area contributed by atoms with E-state index in [0.29, 0.717) is 25.2 Å². The van der Waals surface area contributed by atoms with Crippen LogP contribution in [0.3, 0.4) is 0 Å². The Balaban J connectivity index is 1.53. The van der Waals surface area contributed by atoms with E-state index < -0.39 is 0 Å². The van der Waals surface area contributed by atoms with Crippen molar-refractivity contribution in [3.8, 4) is 11.3 Å². The van der Waals surface area contributed by atoms with Gasteiger partial charge in [0.05, 0.1) is 18.3 Å². The van der Waals surface area contributed by atoms with Gasteiger partial charge in [-0.05, 0) is 35.6 Å². The van der Waals surface area contributed by atoms with Gasteiger partial charge in [0.1, 0.15) is 5.82 Å². The smallest absolute Gasteiger partial charge is 0.254 e. The number of aromatic nitrogens is 2. The molecule has 5 rings (SSSR count). The monoisotopic (exact) mass is 586 g/mol. The highest BCUT2D eigenvalue weighted by atomic mass is 16.3. The minimum absolute atomic E-state index is 0.0168. The molecule has 6 heteroatoms. The van der Waals surface area contributed by atoms with Crippen molar-refractivity contribution in [3.05, 3.63) is 144 Å². The summed E-state index contributed by atoms with van der Waals surface area (Å²) in [7, 11) is 0. The SMILES string of the molecule is CC(C)(C)C(c1nc(-c2ccccc2)cn1Cc1ccccc1)N(CCCNc1ccccc1CO)C(=O)c1ccccc1. The molecule has 5 aromatic rings. The van der Waals surface area contributed by atoms with Crippen molar-refractivity contribution in [3.63, 3.8) is 0 Å². The zero-order valence-corrected chi connectivity index (χ0v) is 25.9. The van der Waals surface area contributed by atoms with Crippen LogP contribution < -0.4 is 5.32 Å². The zero-order valence-electron chi connectivity index (χ0n) is 25.9. The number of nitrogens with one attached hydrogen (secondary N) is 1. The first-order chi connectivity index (χ1) is 21.3. The molecule has 0 aliphatic carbocycles. The van der Waals surface area contributed by atoms with E-state index in [1.807, 2.05) is 83.8 Å². The van der Waals surface area contributed by atoms with E-state index in [1.54, 1.807) is 0 Å². The normalized spacial score (nSPS) is 12.1. The van der Waals surface area contributed by atoms with E-state index in [9.17, 15) is 9.90 Å².